The van der Waals surface area contributed by atoms with Crippen molar-refractivity contribution in [2.75, 3.05) is 7.11 Å². The summed E-state index contributed by atoms with van der Waals surface area (Å²) in [4.78, 5) is 13.2. The summed E-state index contributed by atoms with van der Waals surface area (Å²) in [5.74, 6) is 0.671. The van der Waals surface area contributed by atoms with Crippen LogP contribution in [-0.2, 0) is 4.79 Å². The Morgan fingerprint density at radius 1 is 1.13 bits per heavy atom. The highest BCUT2D eigenvalue weighted by molar-refractivity contribution is 8.00. The van der Waals surface area contributed by atoms with E-state index < -0.39 is 0 Å². The van der Waals surface area contributed by atoms with Gasteiger partial charge in [-0.3, -0.25) is 4.79 Å². The van der Waals surface area contributed by atoms with Crippen molar-refractivity contribution >= 4 is 23.4 Å². The van der Waals surface area contributed by atoms with Crippen molar-refractivity contribution in [3.05, 3.63) is 60.2 Å². The van der Waals surface area contributed by atoms with Crippen molar-refractivity contribution in [1.82, 2.24) is 5.43 Å². The molecule has 0 aliphatic carbocycles. The molecule has 0 aliphatic heterocycles. The van der Waals surface area contributed by atoms with E-state index >= 15 is 0 Å². The molecule has 120 valence electrons. The van der Waals surface area contributed by atoms with Gasteiger partial charge in [0.15, 0.2) is 0 Å². The Hall–Kier alpha value is -2.27. The first-order valence-electron chi connectivity index (χ1n) is 7.30. The number of carbonyl (C=O) groups excluding carboxylic acids is 1. The molecule has 0 spiro atoms. The molecule has 2 rings (SSSR count). The highest BCUT2D eigenvalue weighted by Gasteiger charge is 2.13. The van der Waals surface area contributed by atoms with Gasteiger partial charge in [-0.15, -0.1) is 11.8 Å². The summed E-state index contributed by atoms with van der Waals surface area (Å²) in [6.45, 7) is 3.72. The van der Waals surface area contributed by atoms with Crippen molar-refractivity contribution < 1.29 is 9.53 Å². The van der Waals surface area contributed by atoms with E-state index in [1.54, 1.807) is 7.11 Å². The molecule has 2 aromatic carbocycles. The lowest BCUT2D eigenvalue weighted by Crippen LogP contribution is -2.27. The number of nitrogens with one attached hydrogen (secondary N) is 1. The molecule has 0 saturated carbocycles. The van der Waals surface area contributed by atoms with Gasteiger partial charge in [0.05, 0.1) is 18.1 Å². The molecular formula is C18H20N2O2S. The molecule has 0 unspecified atom stereocenters. The number of carbonyl (C=O) groups is 1. The minimum absolute atomic E-state index is 0.119. The lowest BCUT2D eigenvalue weighted by Gasteiger charge is -2.10. The summed E-state index contributed by atoms with van der Waals surface area (Å²) in [5, 5.41) is 3.96. The topological polar surface area (TPSA) is 50.7 Å². The van der Waals surface area contributed by atoms with Crippen molar-refractivity contribution in [3.8, 4) is 5.75 Å². The third kappa shape index (κ3) is 5.14. The van der Waals surface area contributed by atoms with Crippen LogP contribution >= 0.6 is 11.8 Å². The minimum atomic E-state index is -0.218. The number of hydrogen-bond acceptors (Lipinski definition) is 4. The summed E-state index contributed by atoms with van der Waals surface area (Å²) in [6, 6.07) is 17.4. The van der Waals surface area contributed by atoms with E-state index in [2.05, 4.69) is 10.5 Å². The van der Waals surface area contributed by atoms with E-state index in [1.165, 1.54) is 11.8 Å². The third-order valence-electron chi connectivity index (χ3n) is 3.27. The summed E-state index contributed by atoms with van der Waals surface area (Å²) in [7, 11) is 1.63. The van der Waals surface area contributed by atoms with E-state index in [0.717, 1.165) is 21.9 Å². The quantitative estimate of drug-likeness (QED) is 0.499. The predicted octanol–water partition coefficient (Wildman–Crippen LogP) is 3.72. The van der Waals surface area contributed by atoms with Gasteiger partial charge >= 0.3 is 0 Å². The predicted molar refractivity (Wildman–Crippen MR) is 95.1 cm³/mol. The van der Waals surface area contributed by atoms with Crippen LogP contribution < -0.4 is 10.2 Å². The van der Waals surface area contributed by atoms with Crippen LogP contribution in [0.4, 0.5) is 0 Å². The van der Waals surface area contributed by atoms with Gasteiger partial charge in [0.2, 0.25) is 0 Å². The molecule has 0 aromatic heterocycles. The van der Waals surface area contributed by atoms with Crippen LogP contribution in [0.5, 0.6) is 5.75 Å². The molecule has 0 radical (unpaired) electrons. The normalized spacial score (nSPS) is 12.6. The van der Waals surface area contributed by atoms with Gasteiger partial charge in [-0.05, 0) is 55.8 Å². The van der Waals surface area contributed by atoms with Crippen LogP contribution in [0.1, 0.15) is 19.4 Å². The average Bonchev–Trinajstić information content (AvgIpc) is 2.60. The van der Waals surface area contributed by atoms with Gasteiger partial charge in [-0.25, -0.2) is 5.43 Å². The fraction of sp³-hybridized carbons (Fsp3) is 0.222. The average molecular weight is 328 g/mol. The monoisotopic (exact) mass is 328 g/mol. The maximum absolute atomic E-state index is 12.1. The highest BCUT2D eigenvalue weighted by Crippen LogP contribution is 2.22. The number of nitrogens with zero attached hydrogens (tertiary/aromatic N) is 1. The number of benzene rings is 2. The van der Waals surface area contributed by atoms with Crippen molar-refractivity contribution in [1.29, 1.82) is 0 Å². The highest BCUT2D eigenvalue weighted by atomic mass is 32.2. The molecule has 2 aromatic rings. The summed E-state index contributed by atoms with van der Waals surface area (Å²) >= 11 is 1.51. The van der Waals surface area contributed by atoms with Gasteiger partial charge in [-0.2, -0.15) is 5.10 Å². The Bertz CT molecular complexity index is 669. The van der Waals surface area contributed by atoms with Crippen molar-refractivity contribution in [2.45, 2.75) is 24.0 Å². The van der Waals surface area contributed by atoms with Gasteiger partial charge < -0.3 is 4.74 Å². The number of rotatable bonds is 6. The van der Waals surface area contributed by atoms with Crippen LogP contribution in [-0.4, -0.2) is 24.0 Å². The number of thioether (sulfide) groups is 1. The molecule has 0 saturated heterocycles. The van der Waals surface area contributed by atoms with Gasteiger partial charge in [-0.1, -0.05) is 18.2 Å². The zero-order valence-corrected chi connectivity index (χ0v) is 14.3. The van der Waals surface area contributed by atoms with E-state index in [1.807, 2.05) is 68.4 Å². The Labute approximate surface area is 140 Å². The zero-order chi connectivity index (χ0) is 16.7. The first-order valence-corrected chi connectivity index (χ1v) is 8.18. The van der Waals surface area contributed by atoms with Gasteiger partial charge in [0, 0.05) is 4.90 Å². The van der Waals surface area contributed by atoms with E-state index in [0.29, 0.717) is 0 Å². The Morgan fingerprint density at radius 2 is 1.78 bits per heavy atom. The molecule has 23 heavy (non-hydrogen) atoms. The van der Waals surface area contributed by atoms with Crippen molar-refractivity contribution in [3.63, 3.8) is 0 Å². The van der Waals surface area contributed by atoms with Crippen LogP contribution in [0.25, 0.3) is 0 Å². The second-order valence-corrected chi connectivity index (χ2v) is 6.39. The Balaban J connectivity index is 1.93. The van der Waals surface area contributed by atoms with Crippen LogP contribution in [0.3, 0.4) is 0 Å². The maximum Gasteiger partial charge on any atom is 0.253 e. The van der Waals surface area contributed by atoms with Crippen LogP contribution in [0, 0.1) is 0 Å². The SMILES string of the molecule is COc1ccc(/C(C)=N\NC(=O)[C@H](C)Sc2ccccc2)cc1. The summed E-state index contributed by atoms with van der Waals surface area (Å²) in [6.07, 6.45) is 0. The number of amides is 1. The smallest absolute Gasteiger partial charge is 0.253 e. The largest absolute Gasteiger partial charge is 0.497 e. The van der Waals surface area contributed by atoms with Gasteiger partial charge in [0.1, 0.15) is 5.75 Å². The molecule has 0 aliphatic rings. The number of hydrogen-bond donors (Lipinski definition) is 1. The minimum Gasteiger partial charge on any atom is -0.497 e. The lowest BCUT2D eigenvalue weighted by atomic mass is 10.1. The van der Waals surface area contributed by atoms with E-state index in [4.69, 9.17) is 4.74 Å². The number of ether oxygens (including phenoxy) is 1. The molecule has 5 heteroatoms. The number of hydrazone groups is 1. The molecule has 1 amide bonds. The molecule has 0 bridgehead atoms. The molecule has 1 atom stereocenters. The second-order valence-electron chi connectivity index (χ2n) is 4.97. The Morgan fingerprint density at radius 3 is 2.39 bits per heavy atom. The molecule has 0 heterocycles. The van der Waals surface area contributed by atoms with Crippen molar-refractivity contribution in [2.24, 2.45) is 5.10 Å². The standard InChI is InChI=1S/C18H20N2O2S/c1-13(15-9-11-16(22-3)12-10-15)19-20-18(21)14(2)23-17-7-5-4-6-8-17/h4-12,14H,1-3H3,(H,20,21)/b19-13-/t14-/m0/s1. The fourth-order valence-electron chi connectivity index (χ4n) is 1.88. The third-order valence-corrected chi connectivity index (χ3v) is 4.38. The fourth-order valence-corrected chi connectivity index (χ4v) is 2.77. The molecular weight excluding hydrogens is 308 g/mol. The van der Waals surface area contributed by atoms with E-state index in [-0.39, 0.29) is 11.2 Å². The van der Waals surface area contributed by atoms with Crippen LogP contribution in [0.2, 0.25) is 0 Å². The summed E-state index contributed by atoms with van der Waals surface area (Å²) in [5.41, 5.74) is 4.31. The lowest BCUT2D eigenvalue weighted by molar-refractivity contribution is -0.120. The maximum atomic E-state index is 12.1. The van der Waals surface area contributed by atoms with Gasteiger partial charge in [0.25, 0.3) is 5.91 Å². The second kappa shape index (κ2) is 8.39. The Kier molecular flexibility index (Phi) is 6.23. The summed E-state index contributed by atoms with van der Waals surface area (Å²) < 4.78 is 5.12. The molecule has 4 nitrogen and oxygen atoms in total. The first-order chi connectivity index (χ1) is 11.1. The van der Waals surface area contributed by atoms with Crippen LogP contribution in [0.15, 0.2) is 64.6 Å². The molecule has 1 N–H and O–H groups in total. The van der Waals surface area contributed by atoms with E-state index in [9.17, 15) is 4.79 Å². The zero-order valence-electron chi connectivity index (χ0n) is 13.4. The first kappa shape index (κ1) is 17.1. The number of methoxy groups -OCH3 is 1. The molecule has 0 fully saturated rings.